The van der Waals surface area contributed by atoms with Gasteiger partial charge in [-0.3, -0.25) is 4.79 Å². The SMILES string of the molecule is CCCCn1ncc(NC(C)c2ccc(C)s2)c(Cl)c1=O. The molecule has 0 radical (unpaired) electrons. The van der Waals surface area contributed by atoms with Gasteiger partial charge in [-0.15, -0.1) is 11.3 Å². The van der Waals surface area contributed by atoms with Crippen LogP contribution >= 0.6 is 22.9 Å². The lowest BCUT2D eigenvalue weighted by atomic mass is 10.2. The lowest BCUT2D eigenvalue weighted by Gasteiger charge is -2.15. The molecule has 0 aromatic carbocycles. The molecule has 0 bridgehead atoms. The van der Waals surface area contributed by atoms with Gasteiger partial charge in [0.05, 0.1) is 17.9 Å². The van der Waals surface area contributed by atoms with Crippen LogP contribution in [0.4, 0.5) is 5.69 Å². The summed E-state index contributed by atoms with van der Waals surface area (Å²) in [6.45, 7) is 6.80. The summed E-state index contributed by atoms with van der Waals surface area (Å²) in [5.74, 6) is 0. The van der Waals surface area contributed by atoms with Crippen molar-refractivity contribution in [3.63, 3.8) is 0 Å². The lowest BCUT2D eigenvalue weighted by Crippen LogP contribution is -2.24. The molecule has 1 unspecified atom stereocenters. The Balaban J connectivity index is 2.17. The smallest absolute Gasteiger partial charge is 0.287 e. The fourth-order valence-corrected chi connectivity index (χ4v) is 3.10. The molecule has 0 aliphatic rings. The van der Waals surface area contributed by atoms with Gasteiger partial charge in [-0.2, -0.15) is 5.10 Å². The van der Waals surface area contributed by atoms with E-state index in [4.69, 9.17) is 11.6 Å². The van der Waals surface area contributed by atoms with E-state index in [0.29, 0.717) is 12.2 Å². The Morgan fingerprint density at radius 1 is 1.48 bits per heavy atom. The van der Waals surface area contributed by atoms with Crippen molar-refractivity contribution >= 4 is 28.6 Å². The zero-order valence-corrected chi connectivity index (χ0v) is 14.1. The number of anilines is 1. The summed E-state index contributed by atoms with van der Waals surface area (Å²) in [7, 11) is 0. The summed E-state index contributed by atoms with van der Waals surface area (Å²) < 4.78 is 1.43. The Morgan fingerprint density at radius 2 is 2.24 bits per heavy atom. The Bertz CT molecular complexity index is 665. The van der Waals surface area contributed by atoms with Crippen molar-refractivity contribution in [1.82, 2.24) is 9.78 Å². The topological polar surface area (TPSA) is 46.9 Å². The molecular weight excluding hydrogens is 306 g/mol. The second kappa shape index (κ2) is 7.09. The fourth-order valence-electron chi connectivity index (χ4n) is 2.02. The Hall–Kier alpha value is -1.33. The number of thiophene rings is 1. The molecule has 6 heteroatoms. The van der Waals surface area contributed by atoms with Crippen molar-refractivity contribution < 1.29 is 0 Å². The number of aromatic nitrogens is 2. The molecule has 0 aliphatic carbocycles. The molecule has 2 aromatic rings. The first kappa shape index (κ1) is 16.0. The number of aryl methyl sites for hydroxylation is 2. The molecule has 4 nitrogen and oxygen atoms in total. The number of nitrogens with zero attached hydrogens (tertiary/aromatic N) is 2. The maximum atomic E-state index is 12.1. The van der Waals surface area contributed by atoms with E-state index >= 15 is 0 Å². The van der Waals surface area contributed by atoms with Crippen LogP contribution in [-0.4, -0.2) is 9.78 Å². The third-order valence-electron chi connectivity index (χ3n) is 3.27. The van der Waals surface area contributed by atoms with Crippen LogP contribution in [0.3, 0.4) is 0 Å². The molecule has 114 valence electrons. The minimum atomic E-state index is -0.232. The van der Waals surface area contributed by atoms with Gasteiger partial charge in [0.1, 0.15) is 5.02 Å². The van der Waals surface area contributed by atoms with Gasteiger partial charge in [0.25, 0.3) is 5.56 Å². The maximum absolute atomic E-state index is 12.1. The summed E-state index contributed by atoms with van der Waals surface area (Å²) in [6, 6.07) is 4.26. The number of nitrogens with one attached hydrogen (secondary N) is 1. The van der Waals surface area contributed by atoms with Crippen molar-refractivity contribution in [3.8, 4) is 0 Å². The van der Waals surface area contributed by atoms with Crippen molar-refractivity contribution in [2.45, 2.75) is 46.2 Å². The van der Waals surface area contributed by atoms with E-state index in [0.717, 1.165) is 12.8 Å². The molecular formula is C15H20ClN3OS. The summed E-state index contributed by atoms with van der Waals surface area (Å²) in [5, 5.41) is 7.67. The normalized spacial score (nSPS) is 12.4. The third-order valence-corrected chi connectivity index (χ3v) is 4.82. The van der Waals surface area contributed by atoms with E-state index in [1.807, 2.05) is 6.92 Å². The quantitative estimate of drug-likeness (QED) is 0.864. The predicted molar refractivity (Wildman–Crippen MR) is 89.5 cm³/mol. The first-order valence-corrected chi connectivity index (χ1v) is 8.31. The van der Waals surface area contributed by atoms with Crippen LogP contribution in [0, 0.1) is 6.92 Å². The molecule has 0 aliphatic heterocycles. The molecule has 1 N–H and O–H groups in total. The number of unbranched alkanes of at least 4 members (excludes halogenated alkanes) is 1. The molecule has 2 heterocycles. The molecule has 1 atom stereocenters. The Labute approximate surface area is 133 Å². The van der Waals surface area contributed by atoms with E-state index in [9.17, 15) is 4.79 Å². The van der Waals surface area contributed by atoms with Gasteiger partial charge in [0, 0.05) is 16.3 Å². The van der Waals surface area contributed by atoms with E-state index in [-0.39, 0.29) is 16.6 Å². The van der Waals surface area contributed by atoms with E-state index in [1.165, 1.54) is 14.4 Å². The van der Waals surface area contributed by atoms with Crippen molar-refractivity contribution in [1.29, 1.82) is 0 Å². The van der Waals surface area contributed by atoms with Crippen LogP contribution in [0.2, 0.25) is 5.02 Å². The zero-order chi connectivity index (χ0) is 15.4. The van der Waals surface area contributed by atoms with Gasteiger partial charge in [-0.05, 0) is 32.4 Å². The first-order chi connectivity index (χ1) is 10.0. The Morgan fingerprint density at radius 3 is 2.86 bits per heavy atom. The van der Waals surface area contributed by atoms with Crippen LogP contribution in [0.15, 0.2) is 23.1 Å². The number of hydrogen-bond acceptors (Lipinski definition) is 4. The van der Waals surface area contributed by atoms with Gasteiger partial charge in [-0.25, -0.2) is 4.68 Å². The van der Waals surface area contributed by atoms with Gasteiger partial charge in [-0.1, -0.05) is 24.9 Å². The standard InChI is InChI=1S/C15H20ClN3OS/c1-4-5-8-19-15(20)14(16)12(9-17-19)18-11(3)13-7-6-10(2)21-13/h6-7,9,11,18H,4-5,8H2,1-3H3. The summed E-state index contributed by atoms with van der Waals surface area (Å²) >= 11 is 7.91. The molecule has 0 spiro atoms. The van der Waals surface area contributed by atoms with E-state index < -0.39 is 0 Å². The van der Waals surface area contributed by atoms with Crippen LogP contribution in [0.1, 0.15) is 42.5 Å². The van der Waals surface area contributed by atoms with Gasteiger partial charge >= 0.3 is 0 Å². The van der Waals surface area contributed by atoms with Crippen molar-refractivity contribution in [3.05, 3.63) is 43.5 Å². The molecule has 0 saturated carbocycles. The minimum Gasteiger partial charge on any atom is -0.375 e. The van der Waals surface area contributed by atoms with Crippen LogP contribution in [-0.2, 0) is 6.54 Å². The minimum absolute atomic E-state index is 0.0916. The number of rotatable bonds is 6. The molecule has 2 rings (SSSR count). The highest BCUT2D eigenvalue weighted by atomic mass is 35.5. The summed E-state index contributed by atoms with van der Waals surface area (Å²) in [6.07, 6.45) is 3.57. The largest absolute Gasteiger partial charge is 0.375 e. The summed E-state index contributed by atoms with van der Waals surface area (Å²) in [5.41, 5.74) is 0.359. The van der Waals surface area contributed by atoms with E-state index in [1.54, 1.807) is 17.5 Å². The van der Waals surface area contributed by atoms with Crippen LogP contribution in [0.5, 0.6) is 0 Å². The van der Waals surface area contributed by atoms with Gasteiger partial charge in [0.15, 0.2) is 0 Å². The van der Waals surface area contributed by atoms with Crippen molar-refractivity contribution in [2.75, 3.05) is 5.32 Å². The summed E-state index contributed by atoms with van der Waals surface area (Å²) in [4.78, 5) is 14.6. The fraction of sp³-hybridized carbons (Fsp3) is 0.467. The first-order valence-electron chi connectivity index (χ1n) is 7.11. The highest BCUT2D eigenvalue weighted by Crippen LogP contribution is 2.27. The van der Waals surface area contributed by atoms with Gasteiger partial charge < -0.3 is 5.32 Å². The van der Waals surface area contributed by atoms with Crippen molar-refractivity contribution in [2.24, 2.45) is 0 Å². The average molecular weight is 326 g/mol. The Kier molecular flexibility index (Phi) is 5.42. The van der Waals surface area contributed by atoms with E-state index in [2.05, 4.69) is 36.4 Å². The third kappa shape index (κ3) is 3.86. The second-order valence-corrected chi connectivity index (χ2v) is 6.77. The van der Waals surface area contributed by atoms with Crippen LogP contribution < -0.4 is 10.9 Å². The zero-order valence-electron chi connectivity index (χ0n) is 12.5. The molecule has 0 amide bonds. The second-order valence-electron chi connectivity index (χ2n) is 5.07. The monoisotopic (exact) mass is 325 g/mol. The number of hydrogen-bond donors (Lipinski definition) is 1. The van der Waals surface area contributed by atoms with Crippen LogP contribution in [0.25, 0.3) is 0 Å². The molecule has 0 fully saturated rings. The highest BCUT2D eigenvalue weighted by Gasteiger charge is 2.13. The highest BCUT2D eigenvalue weighted by molar-refractivity contribution is 7.12. The molecule has 2 aromatic heterocycles. The maximum Gasteiger partial charge on any atom is 0.287 e. The number of halogens is 1. The molecule has 0 saturated heterocycles. The van der Waals surface area contributed by atoms with Gasteiger partial charge in [0.2, 0.25) is 0 Å². The molecule has 21 heavy (non-hydrogen) atoms. The lowest BCUT2D eigenvalue weighted by molar-refractivity contribution is 0.543. The average Bonchev–Trinajstić information content (AvgIpc) is 2.90. The predicted octanol–water partition coefficient (Wildman–Crippen LogP) is 4.24.